The van der Waals surface area contributed by atoms with Gasteiger partial charge in [-0.3, -0.25) is 9.59 Å². The summed E-state index contributed by atoms with van der Waals surface area (Å²) in [5, 5.41) is 3.28. The predicted molar refractivity (Wildman–Crippen MR) is 70.7 cm³/mol. The van der Waals surface area contributed by atoms with E-state index >= 15 is 0 Å². The first kappa shape index (κ1) is 15.9. The highest BCUT2D eigenvalue weighted by Gasteiger charge is 2.22. The van der Waals surface area contributed by atoms with Crippen molar-refractivity contribution in [2.75, 3.05) is 40.0 Å². The van der Waals surface area contributed by atoms with Gasteiger partial charge < -0.3 is 19.7 Å². The summed E-state index contributed by atoms with van der Waals surface area (Å²) >= 11 is 0. The van der Waals surface area contributed by atoms with Gasteiger partial charge in [0.15, 0.2) is 0 Å². The Morgan fingerprint density at radius 1 is 1.37 bits per heavy atom. The lowest BCUT2D eigenvalue weighted by atomic mass is 10.3. The Balaban J connectivity index is 2.31. The van der Waals surface area contributed by atoms with Crippen molar-refractivity contribution < 1.29 is 19.1 Å². The first-order valence-electron chi connectivity index (χ1n) is 6.83. The number of nitrogens with zero attached hydrogens (tertiary/aromatic N) is 1. The van der Waals surface area contributed by atoms with Crippen LogP contribution in [0.15, 0.2) is 0 Å². The van der Waals surface area contributed by atoms with E-state index in [-0.39, 0.29) is 18.4 Å². The molecule has 0 aromatic rings. The van der Waals surface area contributed by atoms with Crippen LogP contribution in [0.4, 0.5) is 0 Å². The number of carbonyl (C=O) groups excluding carboxylic acids is 2. The number of rotatable bonds is 10. The van der Waals surface area contributed by atoms with Crippen molar-refractivity contribution in [3.05, 3.63) is 0 Å². The van der Waals surface area contributed by atoms with Gasteiger partial charge in [-0.1, -0.05) is 0 Å². The average Bonchev–Trinajstić information content (AvgIpc) is 3.18. The Morgan fingerprint density at radius 2 is 2.11 bits per heavy atom. The Kier molecular flexibility index (Phi) is 7.43. The fourth-order valence-electron chi connectivity index (χ4n) is 1.68. The van der Waals surface area contributed by atoms with Crippen molar-refractivity contribution >= 4 is 11.9 Å². The summed E-state index contributed by atoms with van der Waals surface area (Å²) < 4.78 is 9.82. The molecular weight excluding hydrogens is 248 g/mol. The number of ether oxygens (including phenoxy) is 2. The maximum atomic E-state index is 12.0. The van der Waals surface area contributed by atoms with E-state index in [0.29, 0.717) is 38.8 Å². The van der Waals surface area contributed by atoms with E-state index in [1.165, 1.54) is 17.7 Å². The molecule has 6 heteroatoms. The molecule has 0 aliphatic heterocycles. The second-order valence-corrected chi connectivity index (χ2v) is 4.59. The Hall–Kier alpha value is -1.14. The van der Waals surface area contributed by atoms with Gasteiger partial charge in [0, 0.05) is 32.7 Å². The van der Waals surface area contributed by atoms with Crippen molar-refractivity contribution in [2.45, 2.75) is 32.2 Å². The molecular formula is C13H24N2O4. The van der Waals surface area contributed by atoms with Crippen LogP contribution < -0.4 is 5.32 Å². The minimum Gasteiger partial charge on any atom is -0.465 e. The van der Waals surface area contributed by atoms with Crippen molar-refractivity contribution in [1.29, 1.82) is 0 Å². The second-order valence-electron chi connectivity index (χ2n) is 4.59. The van der Waals surface area contributed by atoms with Crippen LogP contribution >= 0.6 is 0 Å². The maximum absolute atomic E-state index is 12.0. The third-order valence-corrected chi connectivity index (χ3v) is 2.89. The van der Waals surface area contributed by atoms with Crippen LogP contribution in [0, 0.1) is 0 Å². The van der Waals surface area contributed by atoms with Crippen LogP contribution in [0.1, 0.15) is 26.2 Å². The molecule has 1 rings (SSSR count). The summed E-state index contributed by atoms with van der Waals surface area (Å²) in [6.07, 6.45) is 2.80. The number of hydrogen-bond donors (Lipinski definition) is 1. The molecule has 1 aliphatic carbocycles. The van der Waals surface area contributed by atoms with E-state index in [4.69, 9.17) is 9.47 Å². The van der Waals surface area contributed by atoms with Crippen LogP contribution in [-0.2, 0) is 19.1 Å². The topological polar surface area (TPSA) is 67.9 Å². The lowest BCUT2D eigenvalue weighted by molar-refractivity contribution is -0.149. The number of methoxy groups -OCH3 is 1. The number of nitrogens with one attached hydrogen (secondary N) is 1. The minimum absolute atomic E-state index is 0.000534. The van der Waals surface area contributed by atoms with E-state index in [2.05, 4.69) is 5.32 Å². The van der Waals surface area contributed by atoms with Gasteiger partial charge in [0.05, 0.1) is 13.2 Å². The van der Waals surface area contributed by atoms with E-state index in [1.54, 1.807) is 14.0 Å². The molecule has 0 unspecified atom stereocenters. The molecule has 0 spiro atoms. The fourth-order valence-corrected chi connectivity index (χ4v) is 1.68. The lowest BCUT2D eigenvalue weighted by Gasteiger charge is -2.21. The molecule has 0 radical (unpaired) electrons. The van der Waals surface area contributed by atoms with E-state index in [0.717, 1.165) is 0 Å². The third kappa shape index (κ3) is 7.12. The highest BCUT2D eigenvalue weighted by molar-refractivity contribution is 5.82. The van der Waals surface area contributed by atoms with Gasteiger partial charge in [-0.15, -0.1) is 0 Å². The molecule has 0 aromatic carbocycles. The highest BCUT2D eigenvalue weighted by atomic mass is 16.5. The predicted octanol–water partition coefficient (Wildman–Crippen LogP) is 0.167. The molecule has 0 aromatic heterocycles. The minimum atomic E-state index is -0.373. The Morgan fingerprint density at radius 3 is 2.68 bits per heavy atom. The molecule has 6 nitrogen and oxygen atoms in total. The first-order chi connectivity index (χ1) is 9.17. The monoisotopic (exact) mass is 272 g/mol. The van der Waals surface area contributed by atoms with Crippen LogP contribution in [0.3, 0.4) is 0 Å². The smallest absolute Gasteiger partial charge is 0.325 e. The summed E-state index contributed by atoms with van der Waals surface area (Å²) in [5.41, 5.74) is 0. The molecule has 1 aliphatic rings. The summed E-state index contributed by atoms with van der Waals surface area (Å²) in [6, 6.07) is 0.588. The van der Waals surface area contributed by atoms with E-state index in [1.807, 2.05) is 0 Å². The van der Waals surface area contributed by atoms with E-state index in [9.17, 15) is 9.59 Å². The van der Waals surface area contributed by atoms with Gasteiger partial charge in [-0.2, -0.15) is 0 Å². The van der Waals surface area contributed by atoms with Crippen molar-refractivity contribution in [1.82, 2.24) is 10.2 Å². The summed E-state index contributed by atoms with van der Waals surface area (Å²) in [4.78, 5) is 24.9. The molecule has 1 saturated carbocycles. The van der Waals surface area contributed by atoms with Crippen LogP contribution in [0.5, 0.6) is 0 Å². The lowest BCUT2D eigenvalue weighted by Crippen LogP contribution is -2.40. The molecule has 1 N–H and O–H groups in total. The molecule has 110 valence electrons. The van der Waals surface area contributed by atoms with Crippen molar-refractivity contribution in [3.63, 3.8) is 0 Å². The average molecular weight is 272 g/mol. The Labute approximate surface area is 114 Å². The number of esters is 1. The summed E-state index contributed by atoms with van der Waals surface area (Å²) in [5.74, 6) is -0.416. The third-order valence-electron chi connectivity index (χ3n) is 2.89. The molecule has 1 fully saturated rings. The molecule has 19 heavy (non-hydrogen) atoms. The number of hydrogen-bond acceptors (Lipinski definition) is 5. The molecule has 0 bridgehead atoms. The van der Waals surface area contributed by atoms with Crippen LogP contribution in [0.2, 0.25) is 0 Å². The fraction of sp³-hybridized carbons (Fsp3) is 0.846. The van der Waals surface area contributed by atoms with Gasteiger partial charge >= 0.3 is 5.97 Å². The normalized spacial score (nSPS) is 14.2. The standard InChI is InChI=1S/C13H24N2O4/c1-3-19-13(17)10-15(8-9-18-2)12(16)6-7-14-11-4-5-11/h11,14H,3-10H2,1-2H3. The molecule has 0 saturated heterocycles. The van der Waals surface area contributed by atoms with Gasteiger partial charge in [0.1, 0.15) is 6.54 Å². The first-order valence-corrected chi connectivity index (χ1v) is 6.83. The van der Waals surface area contributed by atoms with Crippen LogP contribution in [0.25, 0.3) is 0 Å². The van der Waals surface area contributed by atoms with E-state index < -0.39 is 0 Å². The maximum Gasteiger partial charge on any atom is 0.325 e. The SMILES string of the molecule is CCOC(=O)CN(CCOC)C(=O)CCNC1CC1. The summed E-state index contributed by atoms with van der Waals surface area (Å²) in [7, 11) is 1.57. The van der Waals surface area contributed by atoms with Gasteiger partial charge in [-0.25, -0.2) is 0 Å². The van der Waals surface area contributed by atoms with Gasteiger partial charge in [0.2, 0.25) is 5.91 Å². The van der Waals surface area contributed by atoms with Crippen molar-refractivity contribution in [3.8, 4) is 0 Å². The molecule has 0 atom stereocenters. The molecule has 1 amide bonds. The number of carbonyl (C=O) groups is 2. The largest absolute Gasteiger partial charge is 0.465 e. The van der Waals surface area contributed by atoms with Crippen molar-refractivity contribution in [2.24, 2.45) is 0 Å². The quantitative estimate of drug-likeness (QED) is 0.574. The number of amides is 1. The van der Waals surface area contributed by atoms with Crippen LogP contribution in [-0.4, -0.2) is 62.8 Å². The van der Waals surface area contributed by atoms with Gasteiger partial charge in [0.25, 0.3) is 0 Å². The zero-order chi connectivity index (χ0) is 14.1. The second kappa shape index (κ2) is 8.87. The Bertz CT molecular complexity index is 292. The zero-order valence-electron chi connectivity index (χ0n) is 11.8. The van der Waals surface area contributed by atoms with Gasteiger partial charge in [-0.05, 0) is 19.8 Å². The highest BCUT2D eigenvalue weighted by Crippen LogP contribution is 2.18. The zero-order valence-corrected chi connectivity index (χ0v) is 11.8. The molecule has 0 heterocycles. The summed E-state index contributed by atoms with van der Waals surface area (Å²) in [6.45, 7) is 3.57.